The number of benzene rings is 2. The largest absolute Gasteiger partial charge is 0.486 e. The predicted octanol–water partition coefficient (Wildman–Crippen LogP) is 5.57. The Balaban J connectivity index is 1.32. The smallest absolute Gasteiger partial charge is 0.195 e. The van der Waals surface area contributed by atoms with Crippen molar-refractivity contribution < 1.29 is 4.74 Å². The highest BCUT2D eigenvalue weighted by Gasteiger charge is 2.20. The van der Waals surface area contributed by atoms with Crippen molar-refractivity contribution in [2.24, 2.45) is 0 Å². The van der Waals surface area contributed by atoms with E-state index in [0.29, 0.717) is 17.4 Å². The lowest BCUT2D eigenvalue weighted by Crippen LogP contribution is -2.14. The molecule has 6 nitrogen and oxygen atoms in total. The summed E-state index contributed by atoms with van der Waals surface area (Å²) in [7, 11) is 0. The molecule has 2 N–H and O–H groups in total. The summed E-state index contributed by atoms with van der Waals surface area (Å²) < 4.78 is 8.81. The van der Waals surface area contributed by atoms with Crippen molar-refractivity contribution in [2.45, 2.75) is 44.8 Å². The molecule has 1 aliphatic rings. The summed E-state index contributed by atoms with van der Waals surface area (Å²) in [4.78, 5) is 7.83. The molecule has 7 heteroatoms. The monoisotopic (exact) mass is 405 g/mol. The molecular formula is C22H23N5OS. The van der Waals surface area contributed by atoms with Crippen molar-refractivity contribution in [2.75, 3.05) is 0 Å². The number of hydrogen-bond donors (Lipinski definition) is 2. The van der Waals surface area contributed by atoms with Crippen molar-refractivity contribution in [1.82, 2.24) is 24.7 Å². The van der Waals surface area contributed by atoms with Crippen molar-refractivity contribution >= 4 is 23.3 Å². The summed E-state index contributed by atoms with van der Waals surface area (Å²) >= 11 is 5.51. The number of rotatable bonds is 5. The van der Waals surface area contributed by atoms with Crippen LogP contribution in [0.4, 0.5) is 0 Å². The van der Waals surface area contributed by atoms with Gasteiger partial charge >= 0.3 is 0 Å². The highest BCUT2D eigenvalue weighted by molar-refractivity contribution is 7.71. The summed E-state index contributed by atoms with van der Waals surface area (Å²) in [6.07, 6.45) is 6.16. The molecule has 0 spiro atoms. The van der Waals surface area contributed by atoms with Crippen LogP contribution in [0.25, 0.3) is 22.4 Å². The van der Waals surface area contributed by atoms with Crippen LogP contribution in [0.5, 0.6) is 5.75 Å². The van der Waals surface area contributed by atoms with Crippen LogP contribution in [-0.2, 0) is 6.61 Å². The van der Waals surface area contributed by atoms with Crippen molar-refractivity contribution in [3.63, 3.8) is 0 Å². The van der Waals surface area contributed by atoms with Gasteiger partial charge in [-0.25, -0.2) is 4.98 Å². The standard InChI is InChI=1S/C22H23N5OS/c29-22-26-25-21(27(22)16-6-2-1-3-7-16)15-10-12-17(13-11-15)28-14-20-23-18-8-4-5-9-19(18)24-20/h4-5,8-13,16H,1-3,6-7,14H2,(H,23,24)(H,26,29). The van der Waals surface area contributed by atoms with Crippen LogP contribution in [0.3, 0.4) is 0 Å². The minimum atomic E-state index is 0.398. The third kappa shape index (κ3) is 3.70. The van der Waals surface area contributed by atoms with Crippen LogP contribution < -0.4 is 4.74 Å². The Morgan fingerprint density at radius 3 is 2.62 bits per heavy atom. The van der Waals surface area contributed by atoms with E-state index in [4.69, 9.17) is 17.0 Å². The van der Waals surface area contributed by atoms with Crippen LogP contribution in [0.15, 0.2) is 48.5 Å². The number of para-hydroxylation sites is 2. The number of hydrogen-bond acceptors (Lipinski definition) is 4. The molecule has 0 aliphatic heterocycles. The van der Waals surface area contributed by atoms with E-state index in [0.717, 1.165) is 34.0 Å². The molecule has 2 aromatic heterocycles. The topological polar surface area (TPSA) is 71.5 Å². The molecule has 1 fully saturated rings. The second-order valence-electron chi connectivity index (χ2n) is 7.53. The zero-order chi connectivity index (χ0) is 19.6. The van der Waals surface area contributed by atoms with Crippen molar-refractivity contribution in [1.29, 1.82) is 0 Å². The third-order valence-electron chi connectivity index (χ3n) is 5.57. The first kappa shape index (κ1) is 18.1. The van der Waals surface area contributed by atoms with Crippen molar-refractivity contribution in [3.8, 4) is 17.1 Å². The van der Waals surface area contributed by atoms with Gasteiger partial charge in [-0.15, -0.1) is 0 Å². The first-order chi connectivity index (χ1) is 14.3. The molecule has 29 heavy (non-hydrogen) atoms. The highest BCUT2D eigenvalue weighted by Crippen LogP contribution is 2.32. The molecule has 1 saturated carbocycles. The molecule has 0 amide bonds. The van der Waals surface area contributed by atoms with E-state index < -0.39 is 0 Å². The Morgan fingerprint density at radius 2 is 1.83 bits per heavy atom. The molecule has 2 heterocycles. The van der Waals surface area contributed by atoms with E-state index >= 15 is 0 Å². The van der Waals surface area contributed by atoms with Gasteiger partial charge in [-0.2, -0.15) is 5.10 Å². The van der Waals surface area contributed by atoms with E-state index in [9.17, 15) is 0 Å². The average Bonchev–Trinajstić information content (AvgIpc) is 3.36. The van der Waals surface area contributed by atoms with Crippen LogP contribution in [0.2, 0.25) is 0 Å². The summed E-state index contributed by atoms with van der Waals surface area (Å²) in [5.41, 5.74) is 3.01. The fourth-order valence-electron chi connectivity index (χ4n) is 4.11. The Hall–Kier alpha value is -2.93. The van der Waals surface area contributed by atoms with Gasteiger partial charge in [0.2, 0.25) is 0 Å². The molecule has 0 unspecified atom stereocenters. The van der Waals surface area contributed by atoms with Gasteiger partial charge in [-0.1, -0.05) is 31.4 Å². The maximum Gasteiger partial charge on any atom is 0.195 e. The Kier molecular flexibility index (Phi) is 4.89. The fourth-order valence-corrected chi connectivity index (χ4v) is 4.39. The lowest BCUT2D eigenvalue weighted by atomic mass is 9.95. The van der Waals surface area contributed by atoms with E-state index in [1.807, 2.05) is 48.5 Å². The maximum absolute atomic E-state index is 5.91. The normalized spacial score (nSPS) is 15.0. The zero-order valence-electron chi connectivity index (χ0n) is 16.1. The quantitative estimate of drug-likeness (QED) is 0.426. The van der Waals surface area contributed by atoms with Gasteiger partial charge in [0.25, 0.3) is 0 Å². The Bertz CT molecular complexity index is 1130. The van der Waals surface area contributed by atoms with E-state index in [2.05, 4.69) is 24.7 Å². The van der Waals surface area contributed by atoms with Gasteiger partial charge in [0, 0.05) is 11.6 Å². The second-order valence-corrected chi connectivity index (χ2v) is 7.91. The maximum atomic E-state index is 5.91. The summed E-state index contributed by atoms with van der Waals surface area (Å²) in [6.45, 7) is 0.398. The molecule has 0 saturated heterocycles. The van der Waals surface area contributed by atoms with Crippen LogP contribution >= 0.6 is 12.2 Å². The first-order valence-electron chi connectivity index (χ1n) is 10.1. The molecule has 2 aromatic carbocycles. The van der Waals surface area contributed by atoms with Gasteiger partial charge in [0.15, 0.2) is 10.6 Å². The van der Waals surface area contributed by atoms with E-state index in [1.54, 1.807) is 0 Å². The number of aromatic amines is 2. The number of H-pyrrole nitrogens is 2. The van der Waals surface area contributed by atoms with Gasteiger partial charge in [0.05, 0.1) is 11.0 Å². The summed E-state index contributed by atoms with van der Waals surface area (Å²) in [5.74, 6) is 2.52. The molecule has 0 bridgehead atoms. The molecule has 148 valence electrons. The summed E-state index contributed by atoms with van der Waals surface area (Å²) in [6, 6.07) is 16.4. The Morgan fingerprint density at radius 1 is 1.03 bits per heavy atom. The number of ether oxygens (including phenoxy) is 1. The van der Waals surface area contributed by atoms with Crippen LogP contribution in [0, 0.1) is 4.77 Å². The summed E-state index contributed by atoms with van der Waals surface area (Å²) in [5, 5.41) is 7.48. The minimum absolute atomic E-state index is 0.398. The van der Waals surface area contributed by atoms with E-state index in [-0.39, 0.29) is 0 Å². The SMILES string of the molecule is S=c1[nH]nc(-c2ccc(OCc3nc4ccccc4[nH]3)cc2)n1C1CCCCC1. The second kappa shape index (κ2) is 7.83. The lowest BCUT2D eigenvalue weighted by Gasteiger charge is -2.24. The number of aromatic nitrogens is 5. The predicted molar refractivity (Wildman–Crippen MR) is 115 cm³/mol. The average molecular weight is 406 g/mol. The molecule has 0 radical (unpaired) electrons. The van der Waals surface area contributed by atoms with Gasteiger partial charge in [-0.3, -0.25) is 9.67 Å². The molecular weight excluding hydrogens is 382 g/mol. The molecule has 1 aliphatic carbocycles. The Labute approximate surface area is 174 Å². The lowest BCUT2D eigenvalue weighted by molar-refractivity contribution is 0.297. The zero-order valence-corrected chi connectivity index (χ0v) is 16.9. The number of imidazole rings is 1. The van der Waals surface area contributed by atoms with E-state index in [1.165, 1.54) is 32.1 Å². The van der Waals surface area contributed by atoms with Crippen LogP contribution in [0.1, 0.15) is 44.0 Å². The van der Waals surface area contributed by atoms with Gasteiger partial charge in [0.1, 0.15) is 18.2 Å². The van der Waals surface area contributed by atoms with Gasteiger partial charge < -0.3 is 9.72 Å². The third-order valence-corrected chi connectivity index (χ3v) is 5.86. The highest BCUT2D eigenvalue weighted by atomic mass is 32.1. The number of fused-ring (bicyclic) bond motifs is 1. The molecule has 5 rings (SSSR count). The number of nitrogens with zero attached hydrogens (tertiary/aromatic N) is 3. The minimum Gasteiger partial charge on any atom is -0.486 e. The van der Waals surface area contributed by atoms with Crippen molar-refractivity contribution in [3.05, 3.63) is 59.1 Å². The fraction of sp³-hybridized carbons (Fsp3) is 0.318. The molecule has 4 aromatic rings. The molecule has 0 atom stereocenters. The van der Waals surface area contributed by atoms with Gasteiger partial charge in [-0.05, 0) is 61.5 Å². The van der Waals surface area contributed by atoms with Crippen LogP contribution in [-0.4, -0.2) is 24.7 Å². The number of nitrogens with one attached hydrogen (secondary N) is 2. The first-order valence-corrected chi connectivity index (χ1v) is 10.5.